The fourth-order valence-electron chi connectivity index (χ4n) is 1.78. The Kier molecular flexibility index (Phi) is 4.61. The first-order valence-electron chi connectivity index (χ1n) is 6.12. The van der Waals surface area contributed by atoms with E-state index in [2.05, 4.69) is 5.32 Å². The lowest BCUT2D eigenvalue weighted by Crippen LogP contribution is -2.27. The quantitative estimate of drug-likeness (QED) is 0.572. The molecule has 0 aliphatic heterocycles. The van der Waals surface area contributed by atoms with E-state index >= 15 is 0 Å². The number of nitrogens with one attached hydrogen (secondary N) is 1. The minimum absolute atomic E-state index is 0.188. The number of halogens is 2. The normalized spacial score (nSPS) is 15.8. The highest BCUT2D eigenvalue weighted by Gasteiger charge is 2.28. The van der Waals surface area contributed by atoms with Gasteiger partial charge < -0.3 is 11.1 Å². The average Bonchev–Trinajstić information content (AvgIpc) is 3.23. The third-order valence-corrected chi connectivity index (χ3v) is 3.75. The molecular weight excluding hydrogens is 284 g/mol. The van der Waals surface area contributed by atoms with Gasteiger partial charge in [-0.3, -0.25) is 9.93 Å². The molecule has 0 spiro atoms. The molecule has 0 bridgehead atoms. The van der Waals surface area contributed by atoms with Gasteiger partial charge in [0.2, 0.25) is 0 Å². The van der Waals surface area contributed by atoms with E-state index in [-0.39, 0.29) is 22.9 Å². The fourth-order valence-corrected chi connectivity index (χ4v) is 2.26. The molecule has 108 valence electrons. The summed E-state index contributed by atoms with van der Waals surface area (Å²) < 4.78 is 26.8. The van der Waals surface area contributed by atoms with Crippen molar-refractivity contribution in [2.45, 2.75) is 19.4 Å². The fraction of sp³-hybridized carbons (Fsp3) is 0.308. The molecule has 1 amide bonds. The molecule has 7 heteroatoms. The summed E-state index contributed by atoms with van der Waals surface area (Å²) in [5.41, 5.74) is 6.09. The average molecular weight is 299 g/mol. The molecule has 5 N–H and O–H groups in total. The number of hydrogen-bond acceptors (Lipinski definition) is 4. The highest BCUT2D eigenvalue weighted by molar-refractivity contribution is 8.01. The van der Waals surface area contributed by atoms with E-state index in [0.29, 0.717) is 5.70 Å². The van der Waals surface area contributed by atoms with Gasteiger partial charge in [-0.1, -0.05) is 6.07 Å². The van der Waals surface area contributed by atoms with Crippen LogP contribution in [-0.4, -0.2) is 5.91 Å². The molecule has 1 aliphatic carbocycles. The summed E-state index contributed by atoms with van der Waals surface area (Å²) >= 11 is 0.753. The molecule has 1 aromatic carbocycles. The van der Waals surface area contributed by atoms with Crippen molar-refractivity contribution in [3.05, 3.63) is 46.0 Å². The van der Waals surface area contributed by atoms with Crippen LogP contribution in [0.3, 0.4) is 0 Å². The summed E-state index contributed by atoms with van der Waals surface area (Å²) in [6.45, 7) is -0.251. The summed E-state index contributed by atoms with van der Waals surface area (Å²) in [6.07, 6.45) is 1.87. The third-order valence-electron chi connectivity index (χ3n) is 3.09. The van der Waals surface area contributed by atoms with E-state index < -0.39 is 17.5 Å². The molecule has 0 unspecified atom stereocenters. The molecule has 1 aromatic rings. The molecule has 1 aliphatic rings. The highest BCUT2D eigenvalue weighted by Crippen LogP contribution is 2.36. The summed E-state index contributed by atoms with van der Waals surface area (Å²) in [4.78, 5) is 12.2. The Balaban J connectivity index is 2.06. The molecule has 1 fully saturated rings. The molecule has 2 rings (SSSR count). The van der Waals surface area contributed by atoms with E-state index in [1.54, 1.807) is 0 Å². The molecule has 0 aromatic heterocycles. The molecule has 0 heterocycles. The Morgan fingerprint density at radius 2 is 1.95 bits per heavy atom. The van der Waals surface area contributed by atoms with Crippen molar-refractivity contribution >= 4 is 17.9 Å². The Morgan fingerprint density at radius 3 is 2.45 bits per heavy atom. The van der Waals surface area contributed by atoms with Crippen molar-refractivity contribution in [1.82, 2.24) is 5.32 Å². The minimum atomic E-state index is -0.702. The van der Waals surface area contributed by atoms with E-state index in [4.69, 9.17) is 10.9 Å². The predicted octanol–water partition coefficient (Wildman–Crippen LogP) is 1.77. The van der Waals surface area contributed by atoms with Crippen molar-refractivity contribution in [2.75, 3.05) is 0 Å². The summed E-state index contributed by atoms with van der Waals surface area (Å²) in [5.74, 6) is -1.72. The summed E-state index contributed by atoms with van der Waals surface area (Å²) in [5, 5.41) is 7.88. The number of carbonyl (C=O) groups is 1. The third kappa shape index (κ3) is 3.29. The Hall–Kier alpha value is -1.60. The minimum Gasteiger partial charge on any atom is -0.401 e. The first kappa shape index (κ1) is 14.8. The van der Waals surface area contributed by atoms with E-state index in [1.807, 2.05) is 0 Å². The van der Waals surface area contributed by atoms with Crippen molar-refractivity contribution < 1.29 is 13.6 Å². The van der Waals surface area contributed by atoms with Crippen LogP contribution in [0.5, 0.6) is 0 Å². The van der Waals surface area contributed by atoms with Crippen LogP contribution in [0, 0.1) is 17.6 Å². The molecule has 0 radical (unpaired) electrons. The second-order valence-corrected chi connectivity index (χ2v) is 5.20. The molecule has 1 saturated carbocycles. The van der Waals surface area contributed by atoms with Crippen LogP contribution in [-0.2, 0) is 11.3 Å². The van der Waals surface area contributed by atoms with Crippen LogP contribution in [0.15, 0.2) is 28.8 Å². The SMILES string of the molecule is NS/C(C(=O)NCc1c(F)cccc1F)=C(\N)C1CC1. The van der Waals surface area contributed by atoms with Gasteiger partial charge in [0, 0.05) is 17.8 Å². The lowest BCUT2D eigenvalue weighted by Gasteiger charge is -2.10. The zero-order valence-corrected chi connectivity index (χ0v) is 11.5. The smallest absolute Gasteiger partial charge is 0.261 e. The molecule has 4 nitrogen and oxygen atoms in total. The number of allylic oxidation sites excluding steroid dienone is 1. The number of benzene rings is 1. The number of rotatable bonds is 5. The van der Waals surface area contributed by atoms with Gasteiger partial charge in [-0.15, -0.1) is 0 Å². The standard InChI is InChI=1S/C13H15F2N3OS/c14-9-2-1-3-10(15)8(9)6-18-13(19)12(20-17)11(16)7-4-5-7/h1-3,7H,4-6,16-17H2,(H,18,19)/b12-11-. The van der Waals surface area contributed by atoms with Gasteiger partial charge in [0.25, 0.3) is 5.91 Å². The van der Waals surface area contributed by atoms with Crippen molar-refractivity contribution in [3.8, 4) is 0 Å². The predicted molar refractivity (Wildman–Crippen MR) is 73.9 cm³/mol. The lowest BCUT2D eigenvalue weighted by molar-refractivity contribution is -0.117. The van der Waals surface area contributed by atoms with Gasteiger partial charge in [0.15, 0.2) is 0 Å². The van der Waals surface area contributed by atoms with E-state index in [9.17, 15) is 13.6 Å². The number of amides is 1. The first-order valence-corrected chi connectivity index (χ1v) is 7.00. The van der Waals surface area contributed by atoms with Gasteiger partial charge in [0.1, 0.15) is 16.5 Å². The topological polar surface area (TPSA) is 81.1 Å². The number of carbonyl (C=O) groups excluding carboxylic acids is 1. The molecular formula is C13H15F2N3OS. The van der Waals surface area contributed by atoms with Gasteiger partial charge >= 0.3 is 0 Å². The molecule has 0 saturated heterocycles. The van der Waals surface area contributed by atoms with E-state index in [1.165, 1.54) is 6.07 Å². The van der Waals surface area contributed by atoms with Crippen molar-refractivity contribution in [2.24, 2.45) is 16.8 Å². The van der Waals surface area contributed by atoms with Crippen molar-refractivity contribution in [1.29, 1.82) is 0 Å². The van der Waals surface area contributed by atoms with Crippen molar-refractivity contribution in [3.63, 3.8) is 0 Å². The highest BCUT2D eigenvalue weighted by atomic mass is 32.2. The van der Waals surface area contributed by atoms with Crippen LogP contribution in [0.25, 0.3) is 0 Å². The zero-order valence-electron chi connectivity index (χ0n) is 10.7. The summed E-state index contributed by atoms with van der Waals surface area (Å²) in [6, 6.07) is 3.54. The Morgan fingerprint density at radius 1 is 1.35 bits per heavy atom. The van der Waals surface area contributed by atoms with Gasteiger partial charge in [-0.05, 0) is 42.8 Å². The van der Waals surface area contributed by atoms with Gasteiger partial charge in [-0.25, -0.2) is 8.78 Å². The Labute approximate surface area is 119 Å². The maximum atomic E-state index is 13.4. The van der Waals surface area contributed by atoms with Crippen LogP contribution >= 0.6 is 11.9 Å². The van der Waals surface area contributed by atoms with Crippen LogP contribution in [0.4, 0.5) is 8.78 Å². The number of hydrogen-bond donors (Lipinski definition) is 3. The maximum Gasteiger partial charge on any atom is 0.261 e. The van der Waals surface area contributed by atoms with Gasteiger partial charge in [0.05, 0.1) is 0 Å². The second-order valence-electron chi connectivity index (χ2n) is 4.56. The largest absolute Gasteiger partial charge is 0.401 e. The first-order chi connectivity index (χ1) is 9.54. The van der Waals surface area contributed by atoms with Gasteiger partial charge in [-0.2, -0.15) is 0 Å². The monoisotopic (exact) mass is 299 g/mol. The van der Waals surface area contributed by atoms with Crippen LogP contribution in [0.2, 0.25) is 0 Å². The lowest BCUT2D eigenvalue weighted by atomic mass is 10.2. The van der Waals surface area contributed by atoms with E-state index in [0.717, 1.165) is 36.9 Å². The number of nitrogens with two attached hydrogens (primary N) is 2. The maximum absolute atomic E-state index is 13.4. The Bertz CT molecular complexity index is 538. The second kappa shape index (κ2) is 6.23. The summed E-state index contributed by atoms with van der Waals surface area (Å²) in [7, 11) is 0. The van der Waals surface area contributed by atoms with Crippen LogP contribution in [0.1, 0.15) is 18.4 Å². The molecule has 20 heavy (non-hydrogen) atoms. The molecule has 0 atom stereocenters. The van der Waals surface area contributed by atoms with Crippen LogP contribution < -0.4 is 16.2 Å². The zero-order chi connectivity index (χ0) is 14.7.